The predicted octanol–water partition coefficient (Wildman–Crippen LogP) is 3.46. The van der Waals surface area contributed by atoms with Crippen molar-refractivity contribution in [3.8, 4) is 0 Å². The molecule has 0 aliphatic rings. The van der Waals surface area contributed by atoms with Gasteiger partial charge < -0.3 is 14.6 Å². The Morgan fingerprint density at radius 3 is 2.82 bits per heavy atom. The van der Waals surface area contributed by atoms with Crippen LogP contribution in [0.15, 0.2) is 42.9 Å². The average molecular weight is 399 g/mol. The number of aromatic nitrogens is 4. The number of amides is 2. The van der Waals surface area contributed by atoms with Gasteiger partial charge in [0.25, 0.3) is 0 Å². The molecule has 8 nitrogen and oxygen atoms in total. The molecule has 0 fully saturated rings. The molecule has 0 atom stereocenters. The fourth-order valence-electron chi connectivity index (χ4n) is 2.50. The number of fused-ring (bicyclic) bond motifs is 1. The first-order valence-corrected chi connectivity index (χ1v) is 13.0. The lowest BCUT2D eigenvalue weighted by molar-refractivity contribution is 0.0899. The number of hydrogen-bond donors (Lipinski definition) is 2. The molecule has 0 aliphatic carbocycles. The minimum atomic E-state index is -1.10. The maximum atomic E-state index is 12.0. The molecule has 0 saturated heterocycles. The van der Waals surface area contributed by atoms with Gasteiger partial charge in [0.15, 0.2) is 11.5 Å². The van der Waals surface area contributed by atoms with E-state index in [9.17, 15) is 4.79 Å². The van der Waals surface area contributed by atoms with Crippen LogP contribution in [0.1, 0.15) is 5.69 Å². The third kappa shape index (κ3) is 5.86. The summed E-state index contributed by atoms with van der Waals surface area (Å²) in [5.74, 6) is 0.392. The first kappa shape index (κ1) is 20.0. The van der Waals surface area contributed by atoms with Gasteiger partial charge in [-0.25, -0.2) is 14.8 Å². The first-order chi connectivity index (χ1) is 13.4. The molecule has 9 heteroatoms. The SMILES string of the molecule is C[Si](C)(C)CCOCn1ccc2nc(NC(=O)NCc3ccccn3)cnc21. The van der Waals surface area contributed by atoms with Crippen LogP contribution in [0.2, 0.25) is 25.7 Å². The second-order valence-electron chi connectivity index (χ2n) is 7.73. The lowest BCUT2D eigenvalue weighted by Crippen LogP contribution is -2.28. The van der Waals surface area contributed by atoms with E-state index in [1.165, 1.54) is 0 Å². The van der Waals surface area contributed by atoms with Crippen LogP contribution in [0.4, 0.5) is 10.6 Å². The topological polar surface area (TPSA) is 94.0 Å². The quantitative estimate of drug-likeness (QED) is 0.448. The minimum absolute atomic E-state index is 0.341. The van der Waals surface area contributed by atoms with Crippen molar-refractivity contribution in [2.45, 2.75) is 39.0 Å². The molecule has 2 N–H and O–H groups in total. The molecule has 2 amide bonds. The van der Waals surface area contributed by atoms with Gasteiger partial charge in [-0.15, -0.1) is 0 Å². The van der Waals surface area contributed by atoms with E-state index in [1.54, 1.807) is 12.4 Å². The van der Waals surface area contributed by atoms with E-state index in [0.717, 1.165) is 24.0 Å². The van der Waals surface area contributed by atoms with Crippen LogP contribution in [-0.4, -0.2) is 40.2 Å². The molecule has 3 rings (SSSR count). The molecule has 0 radical (unpaired) electrons. The summed E-state index contributed by atoms with van der Waals surface area (Å²) in [4.78, 5) is 25.1. The molecule has 0 aromatic carbocycles. The van der Waals surface area contributed by atoms with Crippen LogP contribution in [0, 0.1) is 0 Å². The molecule has 3 aromatic heterocycles. The van der Waals surface area contributed by atoms with E-state index in [-0.39, 0.29) is 6.03 Å². The standard InChI is InChI=1S/C19H26N6O2Si/c1-28(2,3)11-10-27-14-25-9-7-16-18(25)21-13-17(23-16)24-19(26)22-12-15-6-4-5-8-20-15/h4-9,13H,10-12,14H2,1-3H3,(H2,22,23,24,26). The zero-order chi connectivity index (χ0) is 20.0. The smallest absolute Gasteiger partial charge is 0.320 e. The monoisotopic (exact) mass is 398 g/mol. The molecule has 3 heterocycles. The second kappa shape index (κ2) is 8.94. The zero-order valence-corrected chi connectivity index (χ0v) is 17.5. The molecule has 0 bridgehead atoms. The van der Waals surface area contributed by atoms with Gasteiger partial charge in [-0.05, 0) is 24.2 Å². The molecule has 28 heavy (non-hydrogen) atoms. The van der Waals surface area contributed by atoms with E-state index in [4.69, 9.17) is 4.74 Å². The predicted molar refractivity (Wildman–Crippen MR) is 112 cm³/mol. The molecule has 0 unspecified atom stereocenters. The van der Waals surface area contributed by atoms with Gasteiger partial charge in [-0.3, -0.25) is 10.3 Å². The average Bonchev–Trinajstić information content (AvgIpc) is 3.06. The molecule has 0 saturated carbocycles. The van der Waals surface area contributed by atoms with Crippen molar-refractivity contribution in [3.05, 3.63) is 48.5 Å². The van der Waals surface area contributed by atoms with Crippen LogP contribution < -0.4 is 10.6 Å². The van der Waals surface area contributed by atoms with Gasteiger partial charge in [-0.2, -0.15) is 0 Å². The second-order valence-corrected chi connectivity index (χ2v) is 13.3. The van der Waals surface area contributed by atoms with Gasteiger partial charge in [0.05, 0.1) is 18.4 Å². The number of nitrogens with zero attached hydrogens (tertiary/aromatic N) is 4. The number of carbonyl (C=O) groups excluding carboxylic acids is 1. The number of carbonyl (C=O) groups is 1. The maximum Gasteiger partial charge on any atom is 0.320 e. The Balaban J connectivity index is 1.53. The van der Waals surface area contributed by atoms with Crippen molar-refractivity contribution < 1.29 is 9.53 Å². The highest BCUT2D eigenvalue weighted by Crippen LogP contribution is 2.14. The number of urea groups is 1. The van der Waals surface area contributed by atoms with Crippen LogP contribution in [0.25, 0.3) is 11.2 Å². The van der Waals surface area contributed by atoms with E-state index in [2.05, 4.69) is 45.2 Å². The molecule has 0 aliphatic heterocycles. The Morgan fingerprint density at radius 2 is 2.07 bits per heavy atom. The Morgan fingerprint density at radius 1 is 1.21 bits per heavy atom. The summed E-state index contributed by atoms with van der Waals surface area (Å²) in [6.07, 6.45) is 5.12. The molecule has 148 valence electrons. The van der Waals surface area contributed by atoms with Gasteiger partial charge in [-0.1, -0.05) is 25.7 Å². The molecule has 3 aromatic rings. The summed E-state index contributed by atoms with van der Waals surface area (Å²) in [6, 6.07) is 8.19. The summed E-state index contributed by atoms with van der Waals surface area (Å²) < 4.78 is 7.69. The fraction of sp³-hybridized carbons (Fsp3) is 0.368. The number of hydrogen-bond acceptors (Lipinski definition) is 5. The number of ether oxygens (including phenoxy) is 1. The van der Waals surface area contributed by atoms with E-state index < -0.39 is 8.07 Å². The largest absolute Gasteiger partial charge is 0.361 e. The van der Waals surface area contributed by atoms with Gasteiger partial charge in [0.1, 0.15) is 12.2 Å². The van der Waals surface area contributed by atoms with Crippen LogP contribution in [0.3, 0.4) is 0 Å². The van der Waals surface area contributed by atoms with Crippen LogP contribution in [0.5, 0.6) is 0 Å². The van der Waals surface area contributed by atoms with Crippen molar-refractivity contribution in [2.24, 2.45) is 0 Å². The number of anilines is 1. The van der Waals surface area contributed by atoms with Crippen molar-refractivity contribution in [2.75, 3.05) is 11.9 Å². The fourth-order valence-corrected chi connectivity index (χ4v) is 3.26. The number of pyridine rings is 1. The molecule has 0 spiro atoms. The molecular formula is C19H26N6O2Si. The summed E-state index contributed by atoms with van der Waals surface area (Å²) >= 11 is 0. The van der Waals surface area contributed by atoms with Crippen molar-refractivity contribution in [1.82, 2.24) is 24.8 Å². The zero-order valence-electron chi connectivity index (χ0n) is 16.5. The van der Waals surface area contributed by atoms with Gasteiger partial charge >= 0.3 is 6.03 Å². The Kier molecular flexibility index (Phi) is 6.37. The van der Waals surface area contributed by atoms with E-state index in [1.807, 2.05) is 35.0 Å². The summed E-state index contributed by atoms with van der Waals surface area (Å²) in [5, 5.41) is 5.44. The Labute approximate surface area is 165 Å². The first-order valence-electron chi connectivity index (χ1n) is 9.25. The maximum absolute atomic E-state index is 12.0. The highest BCUT2D eigenvalue weighted by Gasteiger charge is 2.12. The van der Waals surface area contributed by atoms with E-state index >= 15 is 0 Å². The lowest BCUT2D eigenvalue weighted by atomic mass is 10.3. The third-order valence-electron chi connectivity index (χ3n) is 4.09. The van der Waals surface area contributed by atoms with Crippen LogP contribution in [-0.2, 0) is 18.0 Å². The van der Waals surface area contributed by atoms with Crippen LogP contribution >= 0.6 is 0 Å². The van der Waals surface area contributed by atoms with Crippen molar-refractivity contribution >= 4 is 31.1 Å². The Hall–Kier alpha value is -2.78. The Bertz CT molecular complexity index is 923. The highest BCUT2D eigenvalue weighted by atomic mass is 28.3. The third-order valence-corrected chi connectivity index (χ3v) is 5.79. The minimum Gasteiger partial charge on any atom is -0.361 e. The summed E-state index contributed by atoms with van der Waals surface area (Å²) in [6.45, 7) is 8.52. The highest BCUT2D eigenvalue weighted by molar-refractivity contribution is 6.76. The van der Waals surface area contributed by atoms with E-state index in [0.29, 0.717) is 24.6 Å². The van der Waals surface area contributed by atoms with Gasteiger partial charge in [0.2, 0.25) is 0 Å². The summed E-state index contributed by atoms with van der Waals surface area (Å²) in [7, 11) is -1.10. The van der Waals surface area contributed by atoms with Gasteiger partial charge in [0, 0.05) is 27.1 Å². The summed E-state index contributed by atoms with van der Waals surface area (Å²) in [5.41, 5.74) is 2.22. The normalized spacial score (nSPS) is 11.5. The number of rotatable bonds is 8. The number of nitrogens with one attached hydrogen (secondary N) is 2. The molecular weight excluding hydrogens is 372 g/mol. The lowest BCUT2D eigenvalue weighted by Gasteiger charge is -2.15. The van der Waals surface area contributed by atoms with Crippen molar-refractivity contribution in [3.63, 3.8) is 0 Å². The van der Waals surface area contributed by atoms with Crippen molar-refractivity contribution in [1.29, 1.82) is 0 Å².